The Labute approximate surface area is 305 Å². The largest absolute Gasteiger partial charge is 1.00 e. The van der Waals surface area contributed by atoms with Crippen LogP contribution in [0.2, 0.25) is 0 Å². The number of benzene rings is 2. The van der Waals surface area contributed by atoms with Gasteiger partial charge in [-0.3, -0.25) is 10.2 Å². The quantitative estimate of drug-likeness (QED) is 0.121. The number of nitrogens with one attached hydrogen (secondary N) is 2. The first-order chi connectivity index (χ1) is 22.4. The summed E-state index contributed by atoms with van der Waals surface area (Å²) in [4.78, 5) is 32.3. The number of carboxylic acid groups (broad SMARTS) is 1. The number of methoxy groups -OCH3 is 3. The molecule has 0 spiro atoms. The van der Waals surface area contributed by atoms with Crippen LogP contribution in [0.3, 0.4) is 0 Å². The van der Waals surface area contributed by atoms with Crippen LogP contribution in [0.5, 0.6) is 0 Å². The van der Waals surface area contributed by atoms with Gasteiger partial charge in [0.1, 0.15) is 11.6 Å². The van der Waals surface area contributed by atoms with Crippen LogP contribution in [0.15, 0.2) is 24.3 Å². The Bertz CT molecular complexity index is 1620. The number of esters is 1. The third-order valence-electron chi connectivity index (χ3n) is 7.30. The molecule has 2 heterocycles. The second kappa shape index (κ2) is 23.5. The summed E-state index contributed by atoms with van der Waals surface area (Å²) in [6, 6.07) is 7.40. The smallest absolute Gasteiger partial charge is 0.870 e. The summed E-state index contributed by atoms with van der Waals surface area (Å²) in [5.74, 6) is 1.84. The number of carboxylic acids is 1. The van der Waals surface area contributed by atoms with E-state index in [4.69, 9.17) is 19.3 Å². The number of aliphatic hydroxyl groups is 1. The van der Waals surface area contributed by atoms with Crippen molar-refractivity contribution in [2.24, 2.45) is 0 Å². The second-order valence-electron chi connectivity index (χ2n) is 11.3. The normalized spacial score (nSPS) is 10.1. The molecule has 0 atom stereocenters. The molecule has 0 unspecified atom stereocenters. The third kappa shape index (κ3) is 12.7. The fourth-order valence-electron chi connectivity index (χ4n) is 4.82. The van der Waals surface area contributed by atoms with Gasteiger partial charge in [0.15, 0.2) is 11.6 Å². The molecular formula is C34H51LiN6O9. The van der Waals surface area contributed by atoms with E-state index in [-0.39, 0.29) is 53.2 Å². The Morgan fingerprint density at radius 1 is 0.740 bits per heavy atom. The zero-order valence-electron chi connectivity index (χ0n) is 31.0. The number of aromatic amines is 2. The van der Waals surface area contributed by atoms with E-state index in [1.807, 2.05) is 25.1 Å². The maximum Gasteiger partial charge on any atom is 1.00 e. The molecule has 50 heavy (non-hydrogen) atoms. The van der Waals surface area contributed by atoms with E-state index in [0.29, 0.717) is 43.3 Å². The summed E-state index contributed by atoms with van der Waals surface area (Å²) >= 11 is 0. The number of carbonyl (C=O) groups excluding carboxylic acids is 1. The minimum atomic E-state index is -0.941. The number of aromatic carboxylic acids is 1. The van der Waals surface area contributed by atoms with E-state index >= 15 is 0 Å². The van der Waals surface area contributed by atoms with Crippen LogP contribution in [0.4, 0.5) is 0 Å². The predicted molar refractivity (Wildman–Crippen MR) is 184 cm³/mol. The molecule has 2 aromatic heterocycles. The summed E-state index contributed by atoms with van der Waals surface area (Å²) in [6.45, 7) is 13.2. The van der Waals surface area contributed by atoms with Gasteiger partial charge in [-0.25, -0.2) is 19.6 Å². The van der Waals surface area contributed by atoms with Gasteiger partial charge >= 0.3 is 30.8 Å². The van der Waals surface area contributed by atoms with Crippen LogP contribution in [0.25, 0.3) is 22.8 Å². The molecule has 0 saturated heterocycles. The molecule has 0 aliphatic rings. The van der Waals surface area contributed by atoms with Gasteiger partial charge in [-0.2, -0.15) is 10.2 Å². The average molecular weight is 695 g/mol. The van der Waals surface area contributed by atoms with Gasteiger partial charge in [-0.1, -0.05) is 39.8 Å². The molecule has 7 N–H and O–H groups in total. The third-order valence-corrected chi connectivity index (χ3v) is 7.30. The molecule has 16 heteroatoms. The van der Waals surface area contributed by atoms with Gasteiger partial charge in [0.2, 0.25) is 0 Å². The number of rotatable bonds is 12. The maximum atomic E-state index is 12.0. The maximum absolute atomic E-state index is 12.0. The molecule has 0 fully saturated rings. The first-order valence-electron chi connectivity index (χ1n) is 15.3. The molecule has 4 rings (SSSR count). The van der Waals surface area contributed by atoms with Crippen molar-refractivity contribution >= 4 is 11.9 Å². The molecule has 0 bridgehead atoms. The van der Waals surface area contributed by atoms with E-state index in [0.717, 1.165) is 52.1 Å². The first-order valence-corrected chi connectivity index (χ1v) is 15.3. The molecule has 2 aromatic carbocycles. The van der Waals surface area contributed by atoms with Crippen LogP contribution in [-0.4, -0.2) is 105 Å². The zero-order valence-corrected chi connectivity index (χ0v) is 31.0. The van der Waals surface area contributed by atoms with Gasteiger partial charge in [0, 0.05) is 45.3 Å². The van der Waals surface area contributed by atoms with Crippen molar-refractivity contribution in [1.82, 2.24) is 30.4 Å². The van der Waals surface area contributed by atoms with Crippen molar-refractivity contribution < 1.29 is 63.8 Å². The molecule has 0 aliphatic heterocycles. The number of aromatic nitrogens is 6. The predicted octanol–water partition coefficient (Wildman–Crippen LogP) is 1.28. The van der Waals surface area contributed by atoms with Crippen LogP contribution < -0.4 is 18.9 Å². The van der Waals surface area contributed by atoms with Crippen molar-refractivity contribution in [2.75, 3.05) is 41.7 Å². The minimum absolute atomic E-state index is 0. The SMILES string of the molecule is CO.COCCc1nc(-c2cc(C(=O)O)c(C)cc2C(C)C)n[nH]1.COCCc1nc(-c2cc(C(=O)OC)c(C)cc2C(C)C)n[nH]1.O.[Li+].[OH-]. The van der Waals surface area contributed by atoms with Gasteiger partial charge in [0.25, 0.3) is 0 Å². The van der Waals surface area contributed by atoms with E-state index in [2.05, 4.69) is 58.1 Å². The zero-order chi connectivity index (χ0) is 35.3. The molecule has 0 radical (unpaired) electrons. The average Bonchev–Trinajstić information content (AvgIpc) is 3.73. The fraction of sp³-hybridized carbons (Fsp3) is 0.471. The number of aliphatic hydroxyl groups excluding tert-OH is 1. The van der Waals surface area contributed by atoms with E-state index < -0.39 is 5.97 Å². The fourth-order valence-corrected chi connectivity index (χ4v) is 4.82. The summed E-state index contributed by atoms with van der Waals surface area (Å²) < 4.78 is 14.9. The van der Waals surface area contributed by atoms with Crippen molar-refractivity contribution in [3.63, 3.8) is 0 Å². The second-order valence-corrected chi connectivity index (χ2v) is 11.3. The van der Waals surface area contributed by atoms with Crippen LogP contribution >= 0.6 is 0 Å². The number of aryl methyl sites for hydroxylation is 2. The summed E-state index contributed by atoms with van der Waals surface area (Å²) in [7, 11) is 5.66. The Morgan fingerprint density at radius 3 is 1.46 bits per heavy atom. The number of hydrogen-bond acceptors (Lipinski definition) is 11. The number of ether oxygens (including phenoxy) is 3. The number of nitrogens with zero attached hydrogens (tertiary/aromatic N) is 4. The molecule has 0 amide bonds. The Kier molecular flexibility index (Phi) is 22.6. The molecule has 0 aliphatic carbocycles. The minimum Gasteiger partial charge on any atom is -0.870 e. The Hall–Kier alpha value is -3.94. The summed E-state index contributed by atoms with van der Waals surface area (Å²) in [5, 5.41) is 30.7. The number of carbonyl (C=O) groups is 2. The summed E-state index contributed by atoms with van der Waals surface area (Å²) in [6.07, 6.45) is 1.30. The topological polar surface area (TPSA) is 247 Å². The van der Waals surface area contributed by atoms with Gasteiger partial charge < -0.3 is 35.4 Å². The number of H-pyrrole nitrogens is 2. The van der Waals surface area contributed by atoms with Crippen molar-refractivity contribution in [2.45, 2.75) is 66.2 Å². The molecule has 4 aromatic rings. The van der Waals surface area contributed by atoms with Crippen molar-refractivity contribution in [3.05, 3.63) is 69.3 Å². The molecule has 272 valence electrons. The van der Waals surface area contributed by atoms with Crippen molar-refractivity contribution in [3.8, 4) is 22.8 Å². The van der Waals surface area contributed by atoms with Crippen LogP contribution in [0, 0.1) is 13.8 Å². The van der Waals surface area contributed by atoms with Gasteiger partial charge in [-0.05, 0) is 60.1 Å². The van der Waals surface area contributed by atoms with E-state index in [1.165, 1.54) is 7.11 Å². The Morgan fingerprint density at radius 2 is 1.12 bits per heavy atom. The van der Waals surface area contributed by atoms with Crippen molar-refractivity contribution in [1.29, 1.82) is 0 Å². The van der Waals surface area contributed by atoms with Gasteiger partial charge in [0.05, 0.1) is 31.5 Å². The van der Waals surface area contributed by atoms with Crippen LogP contribution in [-0.2, 0) is 27.1 Å². The molecular weight excluding hydrogens is 643 g/mol. The Balaban J connectivity index is 0. The monoisotopic (exact) mass is 694 g/mol. The molecule has 15 nitrogen and oxygen atoms in total. The van der Waals surface area contributed by atoms with Crippen LogP contribution in [0.1, 0.15) is 94.1 Å². The van der Waals surface area contributed by atoms with E-state index in [9.17, 15) is 14.7 Å². The standard InChI is InChI=1S/C17H23N3O3.C16H21N3O3.CH4O.Li.2H2O/c1-10(2)12-8-11(3)13(17(21)23-5)9-14(12)16-18-15(19-20-16)6-7-22-4;1-9(2)11-7-10(3)12(16(20)21)8-13(11)15-17-14(18-19-15)5-6-22-4;1-2;;;/h8-10H,6-7H2,1-5H3,(H,18,19,20);7-9H,5-6H2,1-4H3,(H,20,21)(H,17,18,19);2H,1H3;;2*1H2/q;;;+1;;/p-1. The first kappa shape index (κ1) is 48.2. The van der Waals surface area contributed by atoms with Gasteiger partial charge in [-0.15, -0.1) is 0 Å². The summed E-state index contributed by atoms with van der Waals surface area (Å²) in [5.41, 5.74) is 6.21. The number of hydrogen-bond donors (Lipinski definition) is 4. The molecule has 0 saturated carbocycles. The van der Waals surface area contributed by atoms with E-state index in [1.54, 1.807) is 27.2 Å².